The van der Waals surface area contributed by atoms with Crippen LogP contribution in [0.4, 0.5) is 16.2 Å². The Balaban J connectivity index is 1.45. The summed E-state index contributed by atoms with van der Waals surface area (Å²) < 4.78 is 23.8. The minimum absolute atomic E-state index is 0.0464. The summed E-state index contributed by atoms with van der Waals surface area (Å²) in [5, 5.41) is 13.0. The van der Waals surface area contributed by atoms with Crippen LogP contribution in [0.1, 0.15) is 24.8 Å². The van der Waals surface area contributed by atoms with Crippen LogP contribution in [0.15, 0.2) is 53.4 Å². The fourth-order valence-corrected chi connectivity index (χ4v) is 4.87. The molecule has 3 rings (SSSR count). The number of benzene rings is 2. The molecule has 0 radical (unpaired) electrons. The SMILES string of the molecule is CS(=O)(=O)c1ccc(CCCCC(O)N2CCN(c3ccccc3)CC2)cc1NC(N)=O. The summed E-state index contributed by atoms with van der Waals surface area (Å²) in [5.41, 5.74) is 7.50. The maximum Gasteiger partial charge on any atom is 0.316 e. The lowest BCUT2D eigenvalue weighted by Gasteiger charge is -2.38. The van der Waals surface area contributed by atoms with Crippen LogP contribution >= 0.6 is 0 Å². The normalized spacial score (nSPS) is 16.0. The van der Waals surface area contributed by atoms with Crippen LogP contribution in [0.2, 0.25) is 0 Å². The molecule has 1 saturated heterocycles. The maximum atomic E-state index is 11.9. The van der Waals surface area contributed by atoms with E-state index >= 15 is 0 Å². The average molecular weight is 461 g/mol. The minimum atomic E-state index is -3.48. The summed E-state index contributed by atoms with van der Waals surface area (Å²) in [7, 11) is -3.48. The number of aryl methyl sites for hydroxylation is 1. The van der Waals surface area contributed by atoms with Crippen molar-refractivity contribution in [3.63, 3.8) is 0 Å². The molecule has 4 N–H and O–H groups in total. The zero-order valence-corrected chi connectivity index (χ0v) is 19.2. The summed E-state index contributed by atoms with van der Waals surface area (Å²) in [4.78, 5) is 15.7. The lowest BCUT2D eigenvalue weighted by molar-refractivity contribution is -0.00702. The van der Waals surface area contributed by atoms with Crippen LogP contribution in [0.3, 0.4) is 0 Å². The summed E-state index contributed by atoms with van der Waals surface area (Å²) in [5.74, 6) is 0. The fraction of sp³-hybridized carbons (Fsp3) is 0.435. The van der Waals surface area contributed by atoms with Gasteiger partial charge in [0.2, 0.25) is 0 Å². The van der Waals surface area contributed by atoms with E-state index in [1.807, 2.05) is 18.2 Å². The van der Waals surface area contributed by atoms with E-state index in [4.69, 9.17) is 5.73 Å². The summed E-state index contributed by atoms with van der Waals surface area (Å²) >= 11 is 0. The van der Waals surface area contributed by atoms with Gasteiger partial charge in [-0.3, -0.25) is 4.90 Å². The zero-order chi connectivity index (χ0) is 23.1. The van der Waals surface area contributed by atoms with Gasteiger partial charge in [0.15, 0.2) is 9.84 Å². The Morgan fingerprint density at radius 3 is 2.41 bits per heavy atom. The Labute approximate surface area is 189 Å². The Hall–Kier alpha value is -2.62. The number of carbonyl (C=O) groups is 1. The standard InChI is InChI=1S/C23H32N4O4S/c1-32(30,31)21-12-11-18(17-20(21)25-23(24)29)7-5-6-10-22(28)27-15-13-26(14-16-27)19-8-3-2-4-9-19/h2-4,8-9,11-12,17,22,28H,5-7,10,13-16H2,1H3,(H3,24,25,29). The van der Waals surface area contributed by atoms with Crippen molar-refractivity contribution in [2.45, 2.75) is 36.8 Å². The molecular formula is C23H32N4O4S. The number of rotatable bonds is 9. The summed E-state index contributed by atoms with van der Waals surface area (Å²) in [6, 6.07) is 14.4. The number of nitrogens with two attached hydrogens (primary N) is 1. The number of piperazine rings is 1. The van der Waals surface area contributed by atoms with Gasteiger partial charge in [0, 0.05) is 38.1 Å². The Morgan fingerprint density at radius 2 is 1.78 bits per heavy atom. The highest BCUT2D eigenvalue weighted by atomic mass is 32.2. The quantitative estimate of drug-likeness (QED) is 0.495. The van der Waals surface area contributed by atoms with Gasteiger partial charge in [0.1, 0.15) is 6.23 Å². The monoisotopic (exact) mass is 460 g/mol. The first-order chi connectivity index (χ1) is 15.2. The van der Waals surface area contributed by atoms with Crippen LogP contribution in [0.25, 0.3) is 0 Å². The smallest absolute Gasteiger partial charge is 0.316 e. The number of primary amides is 1. The van der Waals surface area contributed by atoms with Gasteiger partial charge in [-0.05, 0) is 55.5 Å². The third-order valence-electron chi connectivity index (χ3n) is 5.74. The largest absolute Gasteiger partial charge is 0.378 e. The Morgan fingerprint density at radius 1 is 1.09 bits per heavy atom. The molecule has 1 aliphatic rings. The third-order valence-corrected chi connectivity index (χ3v) is 6.89. The fourth-order valence-electron chi connectivity index (χ4n) is 4.04. The summed E-state index contributed by atoms with van der Waals surface area (Å²) in [6.07, 6.45) is 3.70. The molecule has 1 fully saturated rings. The zero-order valence-electron chi connectivity index (χ0n) is 18.4. The Bertz CT molecular complexity index is 1010. The topological polar surface area (TPSA) is 116 Å². The predicted molar refractivity (Wildman–Crippen MR) is 127 cm³/mol. The molecule has 2 amide bonds. The number of hydrogen-bond donors (Lipinski definition) is 3. The number of aliphatic hydroxyl groups is 1. The second-order valence-electron chi connectivity index (χ2n) is 8.18. The van der Waals surface area contributed by atoms with Gasteiger partial charge in [0.25, 0.3) is 0 Å². The Kier molecular flexibility index (Phi) is 8.11. The van der Waals surface area contributed by atoms with Gasteiger partial charge in [-0.15, -0.1) is 0 Å². The molecule has 1 atom stereocenters. The molecule has 0 aromatic heterocycles. The molecule has 1 unspecified atom stereocenters. The molecule has 0 spiro atoms. The van der Waals surface area contributed by atoms with Crippen molar-refractivity contribution in [2.24, 2.45) is 5.73 Å². The molecule has 8 nitrogen and oxygen atoms in total. The van der Waals surface area contributed by atoms with Crippen molar-refractivity contribution in [1.82, 2.24) is 4.90 Å². The molecule has 2 aromatic carbocycles. The van der Waals surface area contributed by atoms with E-state index in [1.165, 1.54) is 11.8 Å². The first-order valence-electron chi connectivity index (χ1n) is 10.9. The van der Waals surface area contributed by atoms with Crippen LogP contribution < -0.4 is 16.0 Å². The van der Waals surface area contributed by atoms with Crippen molar-refractivity contribution in [3.8, 4) is 0 Å². The third kappa shape index (κ3) is 6.69. The van der Waals surface area contributed by atoms with E-state index in [0.29, 0.717) is 12.8 Å². The molecule has 0 saturated carbocycles. The van der Waals surface area contributed by atoms with E-state index in [-0.39, 0.29) is 10.6 Å². The number of anilines is 2. The van der Waals surface area contributed by atoms with E-state index < -0.39 is 22.1 Å². The number of aliphatic hydroxyl groups excluding tert-OH is 1. The summed E-state index contributed by atoms with van der Waals surface area (Å²) in [6.45, 7) is 3.43. The van der Waals surface area contributed by atoms with Crippen molar-refractivity contribution in [2.75, 3.05) is 42.7 Å². The van der Waals surface area contributed by atoms with E-state index in [2.05, 4.69) is 27.2 Å². The highest BCUT2D eigenvalue weighted by Gasteiger charge is 2.22. The lowest BCUT2D eigenvalue weighted by atomic mass is 10.1. The maximum absolute atomic E-state index is 11.9. The molecule has 9 heteroatoms. The molecule has 0 bridgehead atoms. The van der Waals surface area contributed by atoms with Crippen molar-refractivity contribution in [3.05, 3.63) is 54.1 Å². The number of urea groups is 1. The minimum Gasteiger partial charge on any atom is -0.378 e. The molecular weight excluding hydrogens is 428 g/mol. The van der Waals surface area contributed by atoms with Gasteiger partial charge < -0.3 is 21.1 Å². The van der Waals surface area contributed by atoms with Gasteiger partial charge in [-0.25, -0.2) is 13.2 Å². The second-order valence-corrected chi connectivity index (χ2v) is 10.2. The van der Waals surface area contributed by atoms with E-state index in [9.17, 15) is 18.3 Å². The van der Waals surface area contributed by atoms with Crippen molar-refractivity contribution in [1.29, 1.82) is 0 Å². The van der Waals surface area contributed by atoms with E-state index in [1.54, 1.807) is 12.1 Å². The first kappa shape index (κ1) is 24.0. The first-order valence-corrected chi connectivity index (χ1v) is 12.7. The predicted octanol–water partition coefficient (Wildman–Crippen LogP) is 2.43. The number of hydrogen-bond acceptors (Lipinski definition) is 6. The number of carbonyl (C=O) groups excluding carboxylic acids is 1. The van der Waals surface area contributed by atoms with Crippen molar-refractivity contribution < 1.29 is 18.3 Å². The number of nitrogens with zero attached hydrogens (tertiary/aromatic N) is 2. The van der Waals surface area contributed by atoms with E-state index in [0.717, 1.165) is 50.8 Å². The van der Waals surface area contributed by atoms with Crippen LogP contribution in [-0.2, 0) is 16.3 Å². The number of nitrogens with one attached hydrogen (secondary N) is 1. The number of unbranched alkanes of at least 4 members (excludes halogenated alkanes) is 1. The molecule has 174 valence electrons. The molecule has 0 aliphatic carbocycles. The molecule has 1 aliphatic heterocycles. The molecule has 32 heavy (non-hydrogen) atoms. The van der Waals surface area contributed by atoms with Gasteiger partial charge in [-0.2, -0.15) is 0 Å². The highest BCUT2D eigenvalue weighted by Crippen LogP contribution is 2.24. The lowest BCUT2D eigenvalue weighted by Crippen LogP contribution is -2.50. The van der Waals surface area contributed by atoms with Gasteiger partial charge in [0.05, 0.1) is 10.6 Å². The van der Waals surface area contributed by atoms with Crippen LogP contribution in [0, 0.1) is 0 Å². The van der Waals surface area contributed by atoms with Gasteiger partial charge in [-0.1, -0.05) is 24.3 Å². The van der Waals surface area contributed by atoms with Crippen molar-refractivity contribution >= 4 is 27.2 Å². The highest BCUT2D eigenvalue weighted by molar-refractivity contribution is 7.90. The number of sulfone groups is 1. The molecule has 2 aromatic rings. The molecule has 1 heterocycles. The second kappa shape index (κ2) is 10.8. The number of para-hydroxylation sites is 1. The van der Waals surface area contributed by atoms with Crippen LogP contribution in [0.5, 0.6) is 0 Å². The number of amides is 2. The van der Waals surface area contributed by atoms with Crippen LogP contribution in [-0.4, -0.2) is 63.1 Å². The van der Waals surface area contributed by atoms with Gasteiger partial charge >= 0.3 is 6.03 Å². The average Bonchev–Trinajstić information content (AvgIpc) is 2.76.